The van der Waals surface area contributed by atoms with Gasteiger partial charge in [-0.1, -0.05) is 41.1 Å². The second kappa shape index (κ2) is 8.82. The molecule has 0 spiro atoms. The Morgan fingerprint density at radius 2 is 2.03 bits per heavy atom. The molecule has 9 heteroatoms. The molecule has 2 aromatic carbocycles. The summed E-state index contributed by atoms with van der Waals surface area (Å²) in [6.45, 7) is 3.91. The fraction of sp³-hybridized carbons (Fsp3) is 0.136. The van der Waals surface area contributed by atoms with Crippen LogP contribution < -0.4 is 10.9 Å². The first kappa shape index (κ1) is 21.5. The fourth-order valence-electron chi connectivity index (χ4n) is 3.17. The Kier molecular flexibility index (Phi) is 6.13. The van der Waals surface area contributed by atoms with Gasteiger partial charge in [0.2, 0.25) is 5.91 Å². The smallest absolute Gasteiger partial charge is 0.276 e. The van der Waals surface area contributed by atoms with E-state index >= 15 is 0 Å². The van der Waals surface area contributed by atoms with Crippen LogP contribution in [0.1, 0.15) is 11.1 Å². The Morgan fingerprint density at radius 1 is 1.23 bits per heavy atom. The number of thiophene rings is 1. The topological polar surface area (TPSA) is 64.0 Å². The van der Waals surface area contributed by atoms with Gasteiger partial charge in [0.05, 0.1) is 27.7 Å². The number of hydrogen-bond donors (Lipinski definition) is 1. The van der Waals surface area contributed by atoms with Gasteiger partial charge < -0.3 is 5.32 Å². The Bertz CT molecular complexity index is 1370. The van der Waals surface area contributed by atoms with E-state index in [1.54, 1.807) is 10.6 Å². The van der Waals surface area contributed by atoms with Gasteiger partial charge in [-0.2, -0.15) is 0 Å². The number of hydrogen-bond acceptors (Lipinski definition) is 5. The molecule has 0 atom stereocenters. The van der Waals surface area contributed by atoms with Gasteiger partial charge in [-0.05, 0) is 55.1 Å². The van der Waals surface area contributed by atoms with Crippen molar-refractivity contribution >= 4 is 56.5 Å². The number of anilines is 1. The average Bonchev–Trinajstić information content (AvgIpc) is 3.19. The van der Waals surface area contributed by atoms with Crippen molar-refractivity contribution < 1.29 is 9.18 Å². The quantitative estimate of drug-likeness (QED) is 0.303. The molecular weight excluding hydrogens is 457 g/mol. The third-order valence-corrected chi connectivity index (χ3v) is 6.74. The molecule has 0 fully saturated rings. The maximum Gasteiger partial charge on any atom is 0.276 e. The summed E-state index contributed by atoms with van der Waals surface area (Å²) in [7, 11) is 0. The summed E-state index contributed by atoms with van der Waals surface area (Å²) in [4.78, 5) is 30.3. The normalized spacial score (nSPS) is 11.1. The van der Waals surface area contributed by atoms with E-state index in [0.717, 1.165) is 34.6 Å². The van der Waals surface area contributed by atoms with Gasteiger partial charge in [-0.3, -0.25) is 14.2 Å². The summed E-state index contributed by atoms with van der Waals surface area (Å²) in [5.74, 6) is -0.912. The minimum Gasteiger partial charge on any atom is -0.324 e. The SMILES string of the molecule is Cc1ccc(-n2c(SCC(=O)Nc3cc(F)ccc3Cl)nc3ccsc3c2=O)c(C)c1. The van der Waals surface area contributed by atoms with E-state index in [1.807, 2.05) is 37.4 Å². The zero-order valence-corrected chi connectivity index (χ0v) is 19.0. The minimum atomic E-state index is -0.499. The van der Waals surface area contributed by atoms with E-state index in [1.165, 1.54) is 23.5 Å². The lowest BCUT2D eigenvalue weighted by molar-refractivity contribution is -0.113. The van der Waals surface area contributed by atoms with Crippen LogP contribution in [0.25, 0.3) is 15.9 Å². The lowest BCUT2D eigenvalue weighted by atomic mass is 10.1. The standard InChI is InChI=1S/C22H17ClFN3O2S2/c1-12-3-6-18(13(2)9-12)27-21(29)20-16(7-8-30-20)26-22(27)31-11-19(28)25-17-10-14(24)4-5-15(17)23/h3-10H,11H2,1-2H3,(H,25,28). The number of nitrogens with zero attached hydrogens (tertiary/aromatic N) is 2. The molecule has 0 saturated heterocycles. The van der Waals surface area contributed by atoms with E-state index in [4.69, 9.17) is 11.6 Å². The van der Waals surface area contributed by atoms with Gasteiger partial charge in [0.1, 0.15) is 10.5 Å². The lowest BCUT2D eigenvalue weighted by Crippen LogP contribution is -2.23. The number of thioether (sulfide) groups is 1. The molecule has 0 saturated carbocycles. The van der Waals surface area contributed by atoms with Crippen LogP contribution in [0.15, 0.2) is 57.8 Å². The van der Waals surface area contributed by atoms with Crippen molar-refractivity contribution in [2.75, 3.05) is 11.1 Å². The van der Waals surface area contributed by atoms with E-state index in [9.17, 15) is 14.0 Å². The molecule has 158 valence electrons. The van der Waals surface area contributed by atoms with Gasteiger partial charge in [0.25, 0.3) is 5.56 Å². The van der Waals surface area contributed by atoms with Crippen molar-refractivity contribution in [2.24, 2.45) is 0 Å². The molecule has 0 unspecified atom stereocenters. The molecule has 1 N–H and O–H groups in total. The van der Waals surface area contributed by atoms with Gasteiger partial charge >= 0.3 is 0 Å². The largest absolute Gasteiger partial charge is 0.324 e. The molecule has 31 heavy (non-hydrogen) atoms. The lowest BCUT2D eigenvalue weighted by Gasteiger charge is -2.15. The highest BCUT2D eigenvalue weighted by Gasteiger charge is 2.17. The summed E-state index contributed by atoms with van der Waals surface area (Å²) in [6, 6.07) is 11.3. The number of halogens is 2. The van der Waals surface area contributed by atoms with Crippen LogP contribution in [0.3, 0.4) is 0 Å². The monoisotopic (exact) mass is 473 g/mol. The predicted molar refractivity (Wildman–Crippen MR) is 125 cm³/mol. The van der Waals surface area contributed by atoms with Crippen molar-refractivity contribution in [1.29, 1.82) is 0 Å². The molecule has 0 radical (unpaired) electrons. The summed E-state index contributed by atoms with van der Waals surface area (Å²) in [6.07, 6.45) is 0. The van der Waals surface area contributed by atoms with Crippen LogP contribution in [0.2, 0.25) is 5.02 Å². The first-order valence-corrected chi connectivity index (χ1v) is 11.5. The second-order valence-electron chi connectivity index (χ2n) is 6.92. The highest BCUT2D eigenvalue weighted by molar-refractivity contribution is 7.99. The number of benzene rings is 2. The molecule has 4 aromatic rings. The van der Waals surface area contributed by atoms with Crippen LogP contribution in [0.4, 0.5) is 10.1 Å². The first-order chi connectivity index (χ1) is 14.8. The molecular formula is C22H17ClFN3O2S2. The van der Waals surface area contributed by atoms with Crippen LogP contribution >= 0.6 is 34.7 Å². The predicted octanol–water partition coefficient (Wildman–Crippen LogP) is 5.59. The van der Waals surface area contributed by atoms with Crippen LogP contribution in [0, 0.1) is 19.7 Å². The molecule has 5 nitrogen and oxygen atoms in total. The highest BCUT2D eigenvalue weighted by atomic mass is 35.5. The Labute approximate surface area is 190 Å². The van der Waals surface area contributed by atoms with E-state index < -0.39 is 5.82 Å². The third kappa shape index (κ3) is 4.51. The average molecular weight is 474 g/mol. The Morgan fingerprint density at radius 3 is 2.81 bits per heavy atom. The minimum absolute atomic E-state index is 0.0279. The van der Waals surface area contributed by atoms with Gasteiger partial charge in [-0.15, -0.1) is 11.3 Å². The number of aromatic nitrogens is 2. The molecule has 0 aliphatic rings. The highest BCUT2D eigenvalue weighted by Crippen LogP contribution is 2.27. The fourth-order valence-corrected chi connectivity index (χ4v) is 4.90. The van der Waals surface area contributed by atoms with Crippen LogP contribution in [-0.4, -0.2) is 21.2 Å². The zero-order chi connectivity index (χ0) is 22.1. The van der Waals surface area contributed by atoms with Crippen molar-refractivity contribution in [1.82, 2.24) is 9.55 Å². The van der Waals surface area contributed by atoms with E-state index in [2.05, 4.69) is 10.3 Å². The maximum atomic E-state index is 13.5. The molecule has 1 amide bonds. The van der Waals surface area contributed by atoms with E-state index in [-0.39, 0.29) is 27.9 Å². The molecule has 2 aromatic heterocycles. The molecule has 0 bridgehead atoms. The van der Waals surface area contributed by atoms with Crippen molar-refractivity contribution in [3.8, 4) is 5.69 Å². The number of carbonyl (C=O) groups excluding carboxylic acids is 1. The Hall–Kier alpha value is -2.68. The summed E-state index contributed by atoms with van der Waals surface area (Å²) in [5, 5.41) is 5.07. The number of aryl methyl sites for hydroxylation is 2. The third-order valence-electron chi connectivity index (χ3n) is 4.58. The number of nitrogens with one attached hydrogen (secondary N) is 1. The Balaban J connectivity index is 1.67. The molecule has 0 aliphatic heterocycles. The van der Waals surface area contributed by atoms with E-state index in [0.29, 0.717) is 15.4 Å². The summed E-state index contributed by atoms with van der Waals surface area (Å²) in [5.41, 5.74) is 3.34. The second-order valence-corrected chi connectivity index (χ2v) is 9.19. The number of amides is 1. The molecule has 4 rings (SSSR count). The van der Waals surface area contributed by atoms with Crippen molar-refractivity contribution in [2.45, 2.75) is 19.0 Å². The number of rotatable bonds is 5. The van der Waals surface area contributed by atoms with Gasteiger partial charge in [-0.25, -0.2) is 9.37 Å². The molecule has 0 aliphatic carbocycles. The first-order valence-electron chi connectivity index (χ1n) is 9.29. The van der Waals surface area contributed by atoms with Crippen molar-refractivity contribution in [3.05, 3.63) is 80.2 Å². The van der Waals surface area contributed by atoms with Gasteiger partial charge in [0, 0.05) is 0 Å². The summed E-state index contributed by atoms with van der Waals surface area (Å²) < 4.78 is 15.6. The van der Waals surface area contributed by atoms with Crippen LogP contribution in [0.5, 0.6) is 0 Å². The van der Waals surface area contributed by atoms with Crippen molar-refractivity contribution in [3.63, 3.8) is 0 Å². The molecule has 2 heterocycles. The number of fused-ring (bicyclic) bond motifs is 1. The number of carbonyl (C=O) groups is 1. The van der Waals surface area contributed by atoms with Crippen LogP contribution in [-0.2, 0) is 4.79 Å². The summed E-state index contributed by atoms with van der Waals surface area (Å²) >= 11 is 8.49. The maximum absolute atomic E-state index is 13.5. The van der Waals surface area contributed by atoms with Gasteiger partial charge in [0.15, 0.2) is 5.16 Å². The zero-order valence-electron chi connectivity index (χ0n) is 16.6.